The molecule has 1 spiro atoms. The molecule has 3 heterocycles. The second-order valence-corrected chi connectivity index (χ2v) is 9.48. The number of anilines is 1. The molecule has 30 heavy (non-hydrogen) atoms. The van der Waals surface area contributed by atoms with Gasteiger partial charge in [-0.3, -0.25) is 14.9 Å². The first-order valence-corrected chi connectivity index (χ1v) is 11.2. The number of nitrogens with two attached hydrogens (primary N) is 1. The van der Waals surface area contributed by atoms with E-state index in [-0.39, 0.29) is 16.4 Å². The molecule has 0 unspecified atom stereocenters. The van der Waals surface area contributed by atoms with Crippen LogP contribution in [0.15, 0.2) is 35.1 Å². The van der Waals surface area contributed by atoms with Crippen molar-refractivity contribution in [3.05, 3.63) is 51.9 Å². The third-order valence-corrected chi connectivity index (χ3v) is 7.98. The molecule has 7 heteroatoms. The normalized spacial score (nSPS) is 24.6. The number of hydrogen-bond donors (Lipinski definition) is 3. The van der Waals surface area contributed by atoms with E-state index in [0.29, 0.717) is 23.0 Å². The predicted octanol–water partition coefficient (Wildman–Crippen LogP) is 2.82. The molecule has 0 bridgehead atoms. The lowest BCUT2D eigenvalue weighted by Crippen LogP contribution is -2.47. The van der Waals surface area contributed by atoms with Gasteiger partial charge in [0.05, 0.1) is 5.69 Å². The lowest BCUT2D eigenvalue weighted by atomic mass is 9.74. The number of fused-ring (bicyclic) bond motifs is 1. The van der Waals surface area contributed by atoms with E-state index in [1.54, 1.807) is 0 Å². The Balaban J connectivity index is 1.32. The maximum atomic E-state index is 13.1. The molecule has 1 aromatic carbocycles. The van der Waals surface area contributed by atoms with Crippen LogP contribution in [0.25, 0.3) is 11.0 Å². The van der Waals surface area contributed by atoms with Crippen LogP contribution >= 0.6 is 0 Å². The standard InChI is InChI=1S/C23H28N6O/c24-16-7-4-8-22(16)11-13-29(14-12-22)21-25-19-17(20(30)26-21)18(27-28-19)23(9-10-23)15-5-2-1-3-6-15/h1-3,5-6,16H,4,7-14,24H2,(H2,25,26,27,28,30)/t16-/m1/s1. The van der Waals surface area contributed by atoms with Gasteiger partial charge in [0.15, 0.2) is 5.65 Å². The van der Waals surface area contributed by atoms with Crippen molar-refractivity contribution >= 4 is 17.0 Å². The van der Waals surface area contributed by atoms with Crippen LogP contribution in [0.3, 0.4) is 0 Å². The molecule has 4 N–H and O–H groups in total. The highest BCUT2D eigenvalue weighted by Crippen LogP contribution is 2.54. The molecule has 2 aliphatic carbocycles. The maximum absolute atomic E-state index is 13.1. The average molecular weight is 405 g/mol. The first-order chi connectivity index (χ1) is 14.6. The molecule has 1 aliphatic heterocycles. The van der Waals surface area contributed by atoms with Gasteiger partial charge in [0.2, 0.25) is 5.95 Å². The van der Waals surface area contributed by atoms with Crippen LogP contribution in [0.4, 0.5) is 5.95 Å². The molecular weight excluding hydrogens is 376 g/mol. The zero-order valence-corrected chi connectivity index (χ0v) is 17.2. The molecule has 2 aromatic heterocycles. The van der Waals surface area contributed by atoms with Crippen molar-refractivity contribution < 1.29 is 0 Å². The van der Waals surface area contributed by atoms with Crippen LogP contribution in [-0.2, 0) is 5.41 Å². The van der Waals surface area contributed by atoms with Gasteiger partial charge < -0.3 is 10.6 Å². The van der Waals surface area contributed by atoms with Crippen molar-refractivity contribution in [1.29, 1.82) is 0 Å². The summed E-state index contributed by atoms with van der Waals surface area (Å²) in [6.07, 6.45) is 7.77. The first-order valence-electron chi connectivity index (χ1n) is 11.2. The van der Waals surface area contributed by atoms with E-state index >= 15 is 0 Å². The summed E-state index contributed by atoms with van der Waals surface area (Å²) in [5.41, 5.74) is 9.09. The monoisotopic (exact) mass is 404 g/mol. The van der Waals surface area contributed by atoms with Crippen molar-refractivity contribution in [2.24, 2.45) is 11.1 Å². The quantitative estimate of drug-likeness (QED) is 0.623. The molecule has 1 atom stereocenters. The van der Waals surface area contributed by atoms with Gasteiger partial charge in [-0.15, -0.1) is 0 Å². The van der Waals surface area contributed by atoms with Crippen LogP contribution in [0, 0.1) is 5.41 Å². The van der Waals surface area contributed by atoms with Gasteiger partial charge in [0, 0.05) is 24.5 Å². The van der Waals surface area contributed by atoms with Gasteiger partial charge >= 0.3 is 0 Å². The number of aromatic amines is 2. The SMILES string of the molecule is N[C@@H]1CCCC12CCN(c1nc3[nH]nc(C4(c5ccccc5)CC4)c3c(=O)[nH]1)CC2. The van der Waals surface area contributed by atoms with Crippen molar-refractivity contribution in [2.45, 2.75) is 56.4 Å². The Morgan fingerprint density at radius 2 is 1.83 bits per heavy atom. The second kappa shape index (κ2) is 6.41. The number of rotatable bonds is 3. The van der Waals surface area contributed by atoms with Crippen molar-refractivity contribution in [2.75, 3.05) is 18.0 Å². The Morgan fingerprint density at radius 3 is 2.50 bits per heavy atom. The largest absolute Gasteiger partial charge is 0.342 e. The number of H-pyrrole nitrogens is 2. The molecule has 3 fully saturated rings. The molecule has 0 radical (unpaired) electrons. The summed E-state index contributed by atoms with van der Waals surface area (Å²) < 4.78 is 0. The van der Waals surface area contributed by atoms with Gasteiger partial charge in [0.25, 0.3) is 5.56 Å². The Morgan fingerprint density at radius 1 is 1.07 bits per heavy atom. The minimum Gasteiger partial charge on any atom is -0.342 e. The highest BCUT2D eigenvalue weighted by Gasteiger charge is 2.49. The molecule has 0 amide bonds. The second-order valence-electron chi connectivity index (χ2n) is 9.48. The van der Waals surface area contributed by atoms with Gasteiger partial charge in [-0.1, -0.05) is 36.8 Å². The summed E-state index contributed by atoms with van der Waals surface area (Å²) in [5.74, 6) is 0.647. The minimum absolute atomic E-state index is 0.0983. The number of piperidine rings is 1. The van der Waals surface area contributed by atoms with E-state index in [9.17, 15) is 4.79 Å². The maximum Gasteiger partial charge on any atom is 0.263 e. The fraction of sp³-hybridized carbons (Fsp3) is 0.522. The molecule has 156 valence electrons. The third kappa shape index (κ3) is 2.57. The third-order valence-electron chi connectivity index (χ3n) is 7.98. The van der Waals surface area contributed by atoms with E-state index in [1.165, 1.54) is 18.4 Å². The van der Waals surface area contributed by atoms with Gasteiger partial charge in [-0.05, 0) is 49.5 Å². The van der Waals surface area contributed by atoms with Gasteiger partial charge in [-0.25, -0.2) is 0 Å². The summed E-state index contributed by atoms with van der Waals surface area (Å²) in [6.45, 7) is 1.77. The van der Waals surface area contributed by atoms with Crippen molar-refractivity contribution in [3.63, 3.8) is 0 Å². The molecule has 1 saturated heterocycles. The van der Waals surface area contributed by atoms with E-state index in [0.717, 1.165) is 50.9 Å². The smallest absolute Gasteiger partial charge is 0.263 e. The molecule has 6 rings (SSSR count). The number of hydrogen-bond acceptors (Lipinski definition) is 5. The van der Waals surface area contributed by atoms with Crippen LogP contribution in [0.5, 0.6) is 0 Å². The van der Waals surface area contributed by atoms with Crippen molar-refractivity contribution in [3.8, 4) is 0 Å². The van der Waals surface area contributed by atoms with Crippen LogP contribution in [0.2, 0.25) is 0 Å². The molecule has 2 saturated carbocycles. The summed E-state index contributed by atoms with van der Waals surface area (Å²) in [6, 6.07) is 10.7. The molecule has 3 aliphatic rings. The number of benzene rings is 1. The first kappa shape index (κ1) is 18.1. The van der Waals surface area contributed by atoms with E-state index in [2.05, 4.69) is 32.2 Å². The van der Waals surface area contributed by atoms with E-state index in [4.69, 9.17) is 10.7 Å². The number of nitrogens with zero attached hydrogens (tertiary/aromatic N) is 3. The van der Waals surface area contributed by atoms with Crippen LogP contribution < -0.4 is 16.2 Å². The van der Waals surface area contributed by atoms with Crippen LogP contribution in [0.1, 0.15) is 56.2 Å². The van der Waals surface area contributed by atoms with Gasteiger partial charge in [-0.2, -0.15) is 10.1 Å². The summed E-state index contributed by atoms with van der Waals surface area (Å²) in [4.78, 5) is 23.2. The van der Waals surface area contributed by atoms with Crippen LogP contribution in [-0.4, -0.2) is 39.3 Å². The number of nitrogens with one attached hydrogen (secondary N) is 2. The molecule has 3 aromatic rings. The van der Waals surface area contributed by atoms with Gasteiger partial charge in [0.1, 0.15) is 5.39 Å². The van der Waals surface area contributed by atoms with E-state index < -0.39 is 0 Å². The Bertz CT molecular complexity index is 1140. The fourth-order valence-corrected chi connectivity index (χ4v) is 5.92. The fourth-order valence-electron chi connectivity index (χ4n) is 5.92. The topological polar surface area (TPSA) is 104 Å². The predicted molar refractivity (Wildman–Crippen MR) is 117 cm³/mol. The number of aromatic nitrogens is 4. The average Bonchev–Trinajstić information content (AvgIpc) is 3.35. The Kier molecular flexibility index (Phi) is 3.87. The Hall–Kier alpha value is -2.67. The highest BCUT2D eigenvalue weighted by molar-refractivity contribution is 5.80. The summed E-state index contributed by atoms with van der Waals surface area (Å²) >= 11 is 0. The summed E-state index contributed by atoms with van der Waals surface area (Å²) in [7, 11) is 0. The lowest BCUT2D eigenvalue weighted by molar-refractivity contribution is 0.197. The molecule has 7 nitrogen and oxygen atoms in total. The minimum atomic E-state index is -0.161. The zero-order chi connectivity index (χ0) is 20.3. The zero-order valence-electron chi connectivity index (χ0n) is 17.2. The molecular formula is C23H28N6O. The lowest BCUT2D eigenvalue weighted by Gasteiger charge is -2.42. The van der Waals surface area contributed by atoms with E-state index in [1.807, 2.05) is 18.2 Å². The Labute approximate surface area is 175 Å². The highest BCUT2D eigenvalue weighted by atomic mass is 16.1. The summed E-state index contributed by atoms with van der Waals surface area (Å²) in [5, 5.41) is 8.23. The van der Waals surface area contributed by atoms with Crippen molar-refractivity contribution in [1.82, 2.24) is 20.2 Å².